The lowest BCUT2D eigenvalue weighted by Crippen LogP contribution is -2.41. The normalized spacial score (nSPS) is 14.6. The van der Waals surface area contributed by atoms with E-state index in [1.54, 1.807) is 30.2 Å². The molecule has 1 aliphatic rings. The van der Waals surface area contributed by atoms with Crippen molar-refractivity contribution in [3.63, 3.8) is 0 Å². The molecule has 28 heavy (non-hydrogen) atoms. The third-order valence-corrected chi connectivity index (χ3v) is 5.59. The van der Waals surface area contributed by atoms with E-state index < -0.39 is 0 Å². The summed E-state index contributed by atoms with van der Waals surface area (Å²) in [5, 5.41) is 5.41. The van der Waals surface area contributed by atoms with Crippen LogP contribution >= 0.6 is 11.3 Å². The number of piperidine rings is 1. The molecule has 0 radical (unpaired) electrons. The molecular formula is C20H25N3O4S. The zero-order chi connectivity index (χ0) is 20.1. The van der Waals surface area contributed by atoms with E-state index >= 15 is 0 Å². The number of nitrogens with one attached hydrogen (secondary N) is 1. The number of benzene rings is 1. The minimum Gasteiger partial charge on any atom is -0.493 e. The highest BCUT2D eigenvalue weighted by atomic mass is 32.1. The second-order valence-electron chi connectivity index (χ2n) is 6.65. The van der Waals surface area contributed by atoms with Crippen molar-refractivity contribution < 1.29 is 19.1 Å². The molecule has 2 aromatic rings. The first-order chi connectivity index (χ1) is 13.5. The standard InChI is InChI=1S/C20H25N3O4S/c1-4-27-16-6-5-15(11-17(16)26-3)19(25)23-9-7-14(8-10-23)18(24)22-20-21-13(2)12-28-20/h5-6,11-12,14H,4,7-10H2,1-3H3,(H,21,22,24). The highest BCUT2D eigenvalue weighted by Crippen LogP contribution is 2.29. The molecule has 0 atom stereocenters. The van der Waals surface area contributed by atoms with Gasteiger partial charge in [0.05, 0.1) is 19.4 Å². The fourth-order valence-electron chi connectivity index (χ4n) is 3.22. The number of aromatic nitrogens is 1. The average Bonchev–Trinajstić information content (AvgIpc) is 3.12. The van der Waals surface area contributed by atoms with Gasteiger partial charge in [-0.1, -0.05) is 0 Å². The summed E-state index contributed by atoms with van der Waals surface area (Å²) in [5.41, 5.74) is 1.45. The van der Waals surface area contributed by atoms with Gasteiger partial charge in [-0.2, -0.15) is 0 Å². The molecule has 0 aliphatic carbocycles. The number of hydrogen-bond donors (Lipinski definition) is 1. The molecule has 150 valence electrons. The molecule has 0 bridgehead atoms. The van der Waals surface area contributed by atoms with Crippen LogP contribution in [0.4, 0.5) is 5.13 Å². The second-order valence-corrected chi connectivity index (χ2v) is 7.51. The van der Waals surface area contributed by atoms with E-state index in [1.807, 2.05) is 19.2 Å². The van der Waals surface area contributed by atoms with Gasteiger partial charge in [0.2, 0.25) is 5.91 Å². The van der Waals surface area contributed by atoms with Gasteiger partial charge in [-0.25, -0.2) is 4.98 Å². The molecule has 1 aromatic carbocycles. The first-order valence-electron chi connectivity index (χ1n) is 9.35. The van der Waals surface area contributed by atoms with Gasteiger partial charge >= 0.3 is 0 Å². The van der Waals surface area contributed by atoms with Crippen molar-refractivity contribution in [2.24, 2.45) is 5.92 Å². The number of anilines is 1. The molecule has 3 rings (SSSR count). The van der Waals surface area contributed by atoms with Crippen LogP contribution in [0.5, 0.6) is 11.5 Å². The molecule has 1 N–H and O–H groups in total. The van der Waals surface area contributed by atoms with E-state index in [1.165, 1.54) is 11.3 Å². The van der Waals surface area contributed by atoms with Crippen LogP contribution in [0, 0.1) is 12.8 Å². The number of likely N-dealkylation sites (tertiary alicyclic amines) is 1. The van der Waals surface area contributed by atoms with Crippen LogP contribution in [0.15, 0.2) is 23.6 Å². The lowest BCUT2D eigenvalue weighted by atomic mass is 9.95. The number of amides is 2. The topological polar surface area (TPSA) is 80.8 Å². The van der Waals surface area contributed by atoms with Gasteiger partial charge in [0.25, 0.3) is 5.91 Å². The van der Waals surface area contributed by atoms with Gasteiger partial charge in [0, 0.05) is 30.0 Å². The summed E-state index contributed by atoms with van der Waals surface area (Å²) in [5.74, 6) is 0.970. The summed E-state index contributed by atoms with van der Waals surface area (Å²) in [7, 11) is 1.56. The monoisotopic (exact) mass is 403 g/mol. The molecule has 2 heterocycles. The Hall–Kier alpha value is -2.61. The maximum Gasteiger partial charge on any atom is 0.253 e. The van der Waals surface area contributed by atoms with Crippen molar-refractivity contribution >= 4 is 28.3 Å². The smallest absolute Gasteiger partial charge is 0.253 e. The number of thiazole rings is 1. The molecule has 0 saturated carbocycles. The largest absolute Gasteiger partial charge is 0.493 e. The van der Waals surface area contributed by atoms with Gasteiger partial charge in [-0.15, -0.1) is 11.3 Å². The van der Waals surface area contributed by atoms with Gasteiger partial charge in [0.1, 0.15) is 0 Å². The summed E-state index contributed by atoms with van der Waals surface area (Å²) in [4.78, 5) is 31.3. The Morgan fingerprint density at radius 2 is 2.04 bits per heavy atom. The quantitative estimate of drug-likeness (QED) is 0.800. The lowest BCUT2D eigenvalue weighted by Gasteiger charge is -2.31. The Balaban J connectivity index is 1.58. The Morgan fingerprint density at radius 1 is 1.29 bits per heavy atom. The van der Waals surface area contributed by atoms with Crippen LogP contribution in [0.25, 0.3) is 0 Å². The summed E-state index contributed by atoms with van der Waals surface area (Å²) in [6.45, 7) is 5.41. The molecular weight excluding hydrogens is 378 g/mol. The summed E-state index contributed by atoms with van der Waals surface area (Å²) in [6.07, 6.45) is 1.27. The van der Waals surface area contributed by atoms with Crippen molar-refractivity contribution in [1.82, 2.24) is 9.88 Å². The maximum absolute atomic E-state index is 12.8. The summed E-state index contributed by atoms with van der Waals surface area (Å²) in [6, 6.07) is 5.21. The van der Waals surface area contributed by atoms with E-state index in [-0.39, 0.29) is 17.7 Å². The average molecular weight is 404 g/mol. The number of methoxy groups -OCH3 is 1. The predicted octanol–water partition coefficient (Wildman–Crippen LogP) is 3.35. The summed E-state index contributed by atoms with van der Waals surface area (Å²) >= 11 is 1.42. The first kappa shape index (κ1) is 20.1. The van der Waals surface area contributed by atoms with Crippen LogP contribution in [-0.4, -0.2) is 48.5 Å². The molecule has 2 amide bonds. The van der Waals surface area contributed by atoms with Crippen LogP contribution in [0.2, 0.25) is 0 Å². The number of carbonyl (C=O) groups excluding carboxylic acids is 2. The van der Waals surface area contributed by atoms with Crippen molar-refractivity contribution in [3.05, 3.63) is 34.8 Å². The highest BCUT2D eigenvalue weighted by molar-refractivity contribution is 7.13. The summed E-state index contributed by atoms with van der Waals surface area (Å²) < 4.78 is 10.8. The zero-order valence-corrected chi connectivity index (χ0v) is 17.2. The van der Waals surface area contributed by atoms with Crippen LogP contribution < -0.4 is 14.8 Å². The van der Waals surface area contributed by atoms with E-state index in [0.717, 1.165) is 5.69 Å². The molecule has 0 spiro atoms. The van der Waals surface area contributed by atoms with E-state index in [2.05, 4.69) is 10.3 Å². The lowest BCUT2D eigenvalue weighted by molar-refractivity contribution is -0.121. The molecule has 1 aliphatic heterocycles. The first-order valence-corrected chi connectivity index (χ1v) is 10.2. The van der Waals surface area contributed by atoms with Gasteiger partial charge in [-0.05, 0) is 44.9 Å². The number of ether oxygens (including phenoxy) is 2. The molecule has 1 fully saturated rings. The van der Waals surface area contributed by atoms with Crippen molar-refractivity contribution in [2.75, 3.05) is 32.1 Å². The third-order valence-electron chi connectivity index (χ3n) is 4.71. The third kappa shape index (κ3) is 4.62. The Morgan fingerprint density at radius 3 is 2.64 bits per heavy atom. The number of carbonyl (C=O) groups is 2. The van der Waals surface area contributed by atoms with Gasteiger partial charge in [0.15, 0.2) is 16.6 Å². The van der Waals surface area contributed by atoms with Crippen molar-refractivity contribution in [3.8, 4) is 11.5 Å². The fraction of sp³-hybridized carbons (Fsp3) is 0.450. The van der Waals surface area contributed by atoms with Crippen molar-refractivity contribution in [2.45, 2.75) is 26.7 Å². The molecule has 7 nitrogen and oxygen atoms in total. The molecule has 8 heteroatoms. The van der Waals surface area contributed by atoms with Crippen LogP contribution in [0.3, 0.4) is 0 Å². The van der Waals surface area contributed by atoms with Crippen LogP contribution in [-0.2, 0) is 4.79 Å². The van der Waals surface area contributed by atoms with E-state index in [4.69, 9.17) is 9.47 Å². The maximum atomic E-state index is 12.8. The molecule has 1 aromatic heterocycles. The Labute approximate surface area is 168 Å². The van der Waals surface area contributed by atoms with Crippen molar-refractivity contribution in [1.29, 1.82) is 0 Å². The molecule has 0 unspecified atom stereocenters. The van der Waals surface area contributed by atoms with Gasteiger partial charge < -0.3 is 19.7 Å². The Kier molecular flexibility index (Phi) is 6.51. The number of nitrogens with zero attached hydrogens (tertiary/aromatic N) is 2. The SMILES string of the molecule is CCOc1ccc(C(=O)N2CCC(C(=O)Nc3nc(C)cs3)CC2)cc1OC. The number of rotatable bonds is 6. The number of aryl methyl sites for hydroxylation is 1. The predicted molar refractivity (Wildman–Crippen MR) is 108 cm³/mol. The number of hydrogen-bond acceptors (Lipinski definition) is 6. The molecule has 1 saturated heterocycles. The second kappa shape index (κ2) is 9.05. The van der Waals surface area contributed by atoms with E-state index in [0.29, 0.717) is 54.7 Å². The highest BCUT2D eigenvalue weighted by Gasteiger charge is 2.28. The minimum absolute atomic E-state index is 0.0239. The fourth-order valence-corrected chi connectivity index (χ4v) is 3.91. The van der Waals surface area contributed by atoms with E-state index in [9.17, 15) is 9.59 Å². The zero-order valence-electron chi connectivity index (χ0n) is 16.4. The Bertz CT molecular complexity index is 844. The van der Waals surface area contributed by atoms with Gasteiger partial charge in [-0.3, -0.25) is 9.59 Å². The van der Waals surface area contributed by atoms with Crippen LogP contribution in [0.1, 0.15) is 35.8 Å². The minimum atomic E-state index is -0.108.